The number of ether oxygens (including phenoxy) is 3. The van der Waals surface area contributed by atoms with Crippen molar-refractivity contribution in [3.8, 4) is 11.5 Å². The quantitative estimate of drug-likeness (QED) is 0.572. The third kappa shape index (κ3) is 5.02. The van der Waals surface area contributed by atoms with Crippen LogP contribution in [0.4, 0.5) is 5.00 Å². The van der Waals surface area contributed by atoms with Gasteiger partial charge in [0.2, 0.25) is 0 Å². The Morgan fingerprint density at radius 3 is 2.64 bits per heavy atom. The average molecular weight is 471 g/mol. The number of benzene rings is 1. The average Bonchev–Trinajstić information content (AvgIpc) is 3.10. The van der Waals surface area contributed by atoms with E-state index in [-0.39, 0.29) is 11.1 Å². The van der Waals surface area contributed by atoms with Crippen molar-refractivity contribution in [2.24, 2.45) is 5.73 Å². The van der Waals surface area contributed by atoms with Crippen LogP contribution < -0.4 is 20.5 Å². The van der Waals surface area contributed by atoms with Crippen LogP contribution in [0, 0.1) is 0 Å². The summed E-state index contributed by atoms with van der Waals surface area (Å²) in [7, 11) is 1.48. The summed E-state index contributed by atoms with van der Waals surface area (Å²) in [6.07, 6.45) is -1.10. The number of anilines is 1. The molecule has 1 unspecified atom stereocenters. The van der Waals surface area contributed by atoms with E-state index in [1.165, 1.54) is 32.2 Å². The number of hydrogen-bond donors (Lipinski definition) is 2. The number of primary amides is 1. The molecule has 3 N–H and O–H groups in total. The molecular formula is C18H19BrN2O6S. The van der Waals surface area contributed by atoms with E-state index in [2.05, 4.69) is 21.2 Å². The maximum Gasteiger partial charge on any atom is 0.339 e. The normalized spacial score (nSPS) is 11.4. The monoisotopic (exact) mass is 470 g/mol. The van der Waals surface area contributed by atoms with Gasteiger partial charge in [-0.15, -0.1) is 11.3 Å². The summed E-state index contributed by atoms with van der Waals surface area (Å²) in [4.78, 5) is 36.1. The summed E-state index contributed by atoms with van der Waals surface area (Å²) in [5, 5.41) is 4.46. The zero-order valence-corrected chi connectivity index (χ0v) is 17.8. The van der Waals surface area contributed by atoms with Crippen LogP contribution in [0.5, 0.6) is 11.5 Å². The number of thiophene rings is 1. The minimum Gasteiger partial charge on any atom is -0.492 e. The number of nitrogens with two attached hydrogens (primary N) is 1. The molecule has 1 atom stereocenters. The molecule has 8 nitrogen and oxygen atoms in total. The van der Waals surface area contributed by atoms with Gasteiger partial charge in [0.1, 0.15) is 5.00 Å². The lowest BCUT2D eigenvalue weighted by Gasteiger charge is -2.15. The number of hydrogen-bond acceptors (Lipinski definition) is 7. The summed E-state index contributed by atoms with van der Waals surface area (Å²) in [5.41, 5.74) is 5.63. The van der Waals surface area contributed by atoms with Crippen LogP contribution in [0.3, 0.4) is 0 Å². The number of halogens is 1. The van der Waals surface area contributed by atoms with Crippen LogP contribution >= 0.6 is 27.3 Å². The molecule has 0 saturated heterocycles. The third-order valence-electron chi connectivity index (χ3n) is 3.57. The lowest BCUT2D eigenvalue weighted by Crippen LogP contribution is -2.30. The number of carbonyl (C=O) groups is 3. The molecule has 2 aromatic rings. The molecule has 0 spiro atoms. The molecule has 1 heterocycles. The van der Waals surface area contributed by atoms with Gasteiger partial charge in [0.25, 0.3) is 11.8 Å². The van der Waals surface area contributed by atoms with E-state index in [0.29, 0.717) is 27.6 Å². The fourth-order valence-corrected chi connectivity index (χ4v) is 3.64. The van der Waals surface area contributed by atoms with Crippen LogP contribution in [-0.2, 0) is 9.53 Å². The Balaban J connectivity index is 2.12. The van der Waals surface area contributed by atoms with Crippen molar-refractivity contribution >= 4 is 50.1 Å². The fraction of sp³-hybridized carbons (Fsp3) is 0.278. The molecule has 0 aliphatic rings. The predicted octanol–water partition coefficient (Wildman–Crippen LogP) is 3.20. The first-order valence-electron chi connectivity index (χ1n) is 8.17. The smallest absolute Gasteiger partial charge is 0.339 e. The van der Waals surface area contributed by atoms with Crippen LogP contribution in [-0.4, -0.2) is 37.6 Å². The minimum atomic E-state index is -1.10. The van der Waals surface area contributed by atoms with Crippen molar-refractivity contribution in [2.45, 2.75) is 20.0 Å². The molecule has 0 radical (unpaired) electrons. The van der Waals surface area contributed by atoms with Crippen molar-refractivity contribution in [3.63, 3.8) is 0 Å². The van der Waals surface area contributed by atoms with Gasteiger partial charge in [-0.3, -0.25) is 9.59 Å². The van der Waals surface area contributed by atoms with Gasteiger partial charge in [-0.05, 0) is 53.4 Å². The number of nitrogens with one attached hydrogen (secondary N) is 1. The maximum absolute atomic E-state index is 12.5. The molecule has 150 valence electrons. The van der Waals surface area contributed by atoms with Crippen molar-refractivity contribution < 1.29 is 28.6 Å². The lowest BCUT2D eigenvalue weighted by molar-refractivity contribution is -0.123. The SMILES string of the molecule is CCOc1cc(C(=O)OC(C)C(=O)Nc2sccc2C(N)=O)cc(Br)c1OC. The van der Waals surface area contributed by atoms with E-state index in [4.69, 9.17) is 19.9 Å². The van der Waals surface area contributed by atoms with Crippen LogP contribution in [0.25, 0.3) is 0 Å². The van der Waals surface area contributed by atoms with Crippen molar-refractivity contribution in [3.05, 3.63) is 39.2 Å². The van der Waals surface area contributed by atoms with E-state index in [0.717, 1.165) is 11.3 Å². The molecule has 10 heteroatoms. The van der Waals surface area contributed by atoms with E-state index < -0.39 is 23.9 Å². The van der Waals surface area contributed by atoms with E-state index in [9.17, 15) is 14.4 Å². The Labute approximate surface area is 174 Å². The lowest BCUT2D eigenvalue weighted by atomic mass is 10.2. The molecule has 2 rings (SSSR count). The minimum absolute atomic E-state index is 0.185. The van der Waals surface area contributed by atoms with E-state index in [1.54, 1.807) is 12.3 Å². The van der Waals surface area contributed by atoms with Crippen molar-refractivity contribution in [1.82, 2.24) is 0 Å². The number of amides is 2. The van der Waals surface area contributed by atoms with Gasteiger partial charge in [0.05, 0.1) is 29.3 Å². The Morgan fingerprint density at radius 1 is 1.32 bits per heavy atom. The molecule has 0 bridgehead atoms. The third-order valence-corrected chi connectivity index (χ3v) is 4.99. The molecule has 0 saturated carbocycles. The summed E-state index contributed by atoms with van der Waals surface area (Å²) in [6.45, 7) is 3.60. The van der Waals surface area contributed by atoms with Gasteiger partial charge in [-0.2, -0.15) is 0 Å². The first-order chi connectivity index (χ1) is 13.3. The first-order valence-corrected chi connectivity index (χ1v) is 9.85. The molecule has 0 fully saturated rings. The number of carbonyl (C=O) groups excluding carboxylic acids is 3. The molecule has 1 aromatic heterocycles. The molecule has 2 amide bonds. The molecular weight excluding hydrogens is 452 g/mol. The number of rotatable bonds is 8. The Morgan fingerprint density at radius 2 is 2.04 bits per heavy atom. The Hall–Kier alpha value is -2.59. The second-order valence-electron chi connectivity index (χ2n) is 5.49. The maximum atomic E-state index is 12.5. The first kappa shape index (κ1) is 21.7. The van der Waals surface area contributed by atoms with Crippen molar-refractivity contribution in [2.75, 3.05) is 19.0 Å². The van der Waals surface area contributed by atoms with Crippen molar-refractivity contribution in [1.29, 1.82) is 0 Å². The van der Waals surface area contributed by atoms with Gasteiger partial charge < -0.3 is 25.3 Å². The number of methoxy groups -OCH3 is 1. The Kier molecular flexibility index (Phi) is 7.41. The summed E-state index contributed by atoms with van der Waals surface area (Å²) in [5.74, 6) is -1.15. The van der Waals surface area contributed by atoms with Gasteiger partial charge in [-0.1, -0.05) is 0 Å². The zero-order valence-electron chi connectivity index (χ0n) is 15.4. The van der Waals surface area contributed by atoms with E-state index >= 15 is 0 Å². The molecule has 0 aliphatic heterocycles. The number of esters is 1. The summed E-state index contributed by atoms with van der Waals surface area (Å²) < 4.78 is 16.5. The topological polar surface area (TPSA) is 117 Å². The fourth-order valence-electron chi connectivity index (χ4n) is 2.24. The highest BCUT2D eigenvalue weighted by molar-refractivity contribution is 9.10. The van der Waals surface area contributed by atoms with Gasteiger partial charge in [-0.25, -0.2) is 4.79 Å². The Bertz CT molecular complexity index is 898. The molecule has 28 heavy (non-hydrogen) atoms. The zero-order chi connectivity index (χ0) is 20.8. The standard InChI is InChI=1S/C18H19BrN2O6S/c1-4-26-13-8-10(7-12(19)14(13)25-3)18(24)27-9(2)16(23)21-17-11(15(20)22)5-6-28-17/h5-9H,4H2,1-3H3,(H2,20,22)(H,21,23). The largest absolute Gasteiger partial charge is 0.492 e. The summed E-state index contributed by atoms with van der Waals surface area (Å²) >= 11 is 4.46. The van der Waals surface area contributed by atoms with Crippen LogP contribution in [0.2, 0.25) is 0 Å². The second-order valence-corrected chi connectivity index (χ2v) is 7.26. The van der Waals surface area contributed by atoms with Crippen LogP contribution in [0.15, 0.2) is 28.1 Å². The second kappa shape index (κ2) is 9.56. The van der Waals surface area contributed by atoms with E-state index in [1.807, 2.05) is 0 Å². The molecule has 1 aromatic carbocycles. The predicted molar refractivity (Wildman–Crippen MR) is 108 cm³/mol. The van der Waals surface area contributed by atoms with Gasteiger partial charge >= 0.3 is 5.97 Å². The highest BCUT2D eigenvalue weighted by atomic mass is 79.9. The van der Waals surface area contributed by atoms with Gasteiger partial charge in [0.15, 0.2) is 17.6 Å². The van der Waals surface area contributed by atoms with Crippen LogP contribution in [0.1, 0.15) is 34.6 Å². The van der Waals surface area contributed by atoms with Gasteiger partial charge in [0, 0.05) is 0 Å². The highest BCUT2D eigenvalue weighted by Crippen LogP contribution is 2.36. The highest BCUT2D eigenvalue weighted by Gasteiger charge is 2.23. The molecule has 0 aliphatic carbocycles. The summed E-state index contributed by atoms with van der Waals surface area (Å²) in [6, 6.07) is 4.49.